The summed E-state index contributed by atoms with van der Waals surface area (Å²) in [6, 6.07) is 16.3. The standard InChI is InChI=1S/C19H18N4O/c1-12-11-17(23-24-12)22-19(16-9-5-6-10-20-16)18-13(2)21-15-8-4-3-7-14(15)18/h3-11,19,21H,1-2H3,(H,22,23)/p+1. The van der Waals surface area contributed by atoms with Crippen molar-refractivity contribution in [1.29, 1.82) is 0 Å². The summed E-state index contributed by atoms with van der Waals surface area (Å²) >= 11 is 0. The lowest BCUT2D eigenvalue weighted by Crippen LogP contribution is -2.22. The zero-order chi connectivity index (χ0) is 16.5. The number of anilines is 1. The first kappa shape index (κ1) is 14.5. The summed E-state index contributed by atoms with van der Waals surface area (Å²) in [5, 5.41) is 8.78. The van der Waals surface area contributed by atoms with Gasteiger partial charge in [0.15, 0.2) is 12.0 Å². The number of aromatic nitrogens is 3. The van der Waals surface area contributed by atoms with E-state index in [1.165, 1.54) is 10.9 Å². The van der Waals surface area contributed by atoms with E-state index < -0.39 is 0 Å². The molecule has 0 aliphatic rings. The van der Waals surface area contributed by atoms with Gasteiger partial charge in [0.1, 0.15) is 11.8 Å². The molecule has 24 heavy (non-hydrogen) atoms. The molecular formula is C19H19N4O+. The van der Waals surface area contributed by atoms with Gasteiger partial charge in [0.05, 0.1) is 0 Å². The Morgan fingerprint density at radius 1 is 1.12 bits per heavy atom. The van der Waals surface area contributed by atoms with Gasteiger partial charge in [-0.25, -0.2) is 4.98 Å². The van der Waals surface area contributed by atoms with Crippen LogP contribution in [0.1, 0.15) is 28.8 Å². The molecule has 3 N–H and O–H groups in total. The van der Waals surface area contributed by atoms with Gasteiger partial charge in [0.25, 0.3) is 0 Å². The Morgan fingerprint density at radius 2 is 1.96 bits per heavy atom. The Bertz CT molecular complexity index is 971. The van der Waals surface area contributed by atoms with Gasteiger partial charge in [-0.2, -0.15) is 0 Å². The van der Waals surface area contributed by atoms with Gasteiger partial charge >= 0.3 is 0 Å². The summed E-state index contributed by atoms with van der Waals surface area (Å²) in [4.78, 5) is 6.81. The fourth-order valence-corrected chi connectivity index (χ4v) is 3.14. The predicted octanol–water partition coefficient (Wildman–Crippen LogP) is 3.79. The van der Waals surface area contributed by atoms with Crippen molar-refractivity contribution < 1.29 is 9.51 Å². The second-order valence-corrected chi connectivity index (χ2v) is 5.93. The largest absolute Gasteiger partial charge is 0.360 e. The van der Waals surface area contributed by atoms with Gasteiger partial charge in [-0.05, 0) is 19.9 Å². The maximum absolute atomic E-state index is 5.21. The molecule has 0 saturated carbocycles. The molecule has 4 rings (SSSR count). The Morgan fingerprint density at radius 3 is 2.71 bits per heavy atom. The molecule has 1 aromatic carbocycles. The van der Waals surface area contributed by atoms with Crippen LogP contribution in [0.25, 0.3) is 10.9 Å². The van der Waals surface area contributed by atoms with Gasteiger partial charge in [-0.1, -0.05) is 29.4 Å². The third kappa shape index (κ3) is 2.54. The highest BCUT2D eigenvalue weighted by Crippen LogP contribution is 2.32. The molecule has 3 heterocycles. The highest BCUT2D eigenvalue weighted by atomic mass is 16.5. The molecule has 0 amide bonds. The topological polar surface area (TPSA) is 68.0 Å². The Balaban J connectivity index is 1.87. The normalized spacial score (nSPS) is 12.4. The SMILES string of the molecule is Cc1cc(NC(c2cccc[nH+]2)c2c(C)[nH]c3ccccc23)no1. The van der Waals surface area contributed by atoms with Crippen molar-refractivity contribution in [2.45, 2.75) is 19.9 Å². The van der Waals surface area contributed by atoms with E-state index >= 15 is 0 Å². The monoisotopic (exact) mass is 319 g/mol. The Labute approximate surface area is 139 Å². The highest BCUT2D eigenvalue weighted by Gasteiger charge is 2.26. The van der Waals surface area contributed by atoms with Crippen molar-refractivity contribution >= 4 is 16.7 Å². The minimum absolute atomic E-state index is 0.0631. The number of fused-ring (bicyclic) bond motifs is 1. The summed E-state index contributed by atoms with van der Waals surface area (Å²) < 4.78 is 5.21. The maximum atomic E-state index is 5.21. The van der Waals surface area contributed by atoms with Crippen molar-refractivity contribution in [3.8, 4) is 0 Å². The minimum Gasteiger partial charge on any atom is -0.360 e. The molecule has 5 heteroatoms. The second kappa shape index (κ2) is 5.85. The number of rotatable bonds is 4. The molecule has 0 fully saturated rings. The number of H-pyrrole nitrogens is 2. The first-order chi connectivity index (χ1) is 11.7. The third-order valence-electron chi connectivity index (χ3n) is 4.20. The molecule has 3 aromatic heterocycles. The van der Waals surface area contributed by atoms with E-state index in [4.69, 9.17) is 4.52 Å². The van der Waals surface area contributed by atoms with Crippen molar-refractivity contribution in [3.63, 3.8) is 0 Å². The zero-order valence-corrected chi connectivity index (χ0v) is 13.6. The molecule has 0 saturated heterocycles. The first-order valence-electron chi connectivity index (χ1n) is 7.96. The van der Waals surface area contributed by atoms with Crippen LogP contribution in [-0.2, 0) is 0 Å². The lowest BCUT2D eigenvalue weighted by Gasteiger charge is -2.15. The number of nitrogens with zero attached hydrogens (tertiary/aromatic N) is 1. The number of hydrogen-bond donors (Lipinski definition) is 2. The Hall–Kier alpha value is -3.08. The van der Waals surface area contributed by atoms with Crippen LogP contribution in [0.15, 0.2) is 59.3 Å². The number of pyridine rings is 1. The van der Waals surface area contributed by atoms with Gasteiger partial charge in [-0.15, -0.1) is 0 Å². The smallest absolute Gasteiger partial charge is 0.206 e. The summed E-state index contributed by atoms with van der Waals surface area (Å²) in [6.45, 7) is 3.99. The van der Waals surface area contributed by atoms with Crippen molar-refractivity contribution in [2.24, 2.45) is 0 Å². The molecule has 120 valence electrons. The molecule has 1 unspecified atom stereocenters. The third-order valence-corrected chi connectivity index (χ3v) is 4.20. The van der Waals surface area contributed by atoms with Crippen LogP contribution in [0.3, 0.4) is 0 Å². The van der Waals surface area contributed by atoms with Crippen LogP contribution >= 0.6 is 0 Å². The minimum atomic E-state index is -0.0631. The van der Waals surface area contributed by atoms with Gasteiger partial charge in [0, 0.05) is 40.4 Å². The highest BCUT2D eigenvalue weighted by molar-refractivity contribution is 5.85. The van der Waals surface area contributed by atoms with Gasteiger partial charge < -0.3 is 14.8 Å². The Kier molecular flexibility index (Phi) is 3.54. The summed E-state index contributed by atoms with van der Waals surface area (Å²) in [5.74, 6) is 1.50. The number of hydrogen-bond acceptors (Lipinski definition) is 3. The molecule has 0 aliphatic carbocycles. The molecule has 0 radical (unpaired) electrons. The molecular weight excluding hydrogens is 300 g/mol. The predicted molar refractivity (Wildman–Crippen MR) is 92.7 cm³/mol. The maximum Gasteiger partial charge on any atom is 0.206 e. The van der Waals surface area contributed by atoms with E-state index in [2.05, 4.69) is 51.6 Å². The summed E-state index contributed by atoms with van der Waals surface area (Å²) in [7, 11) is 0. The van der Waals surface area contributed by atoms with E-state index in [0.29, 0.717) is 0 Å². The van der Waals surface area contributed by atoms with Crippen LogP contribution in [0.4, 0.5) is 5.82 Å². The molecule has 4 aromatic rings. The molecule has 5 nitrogen and oxygen atoms in total. The van der Waals surface area contributed by atoms with Crippen LogP contribution in [0, 0.1) is 13.8 Å². The first-order valence-corrected chi connectivity index (χ1v) is 7.96. The summed E-state index contributed by atoms with van der Waals surface area (Å²) in [5.41, 5.74) is 4.52. The number of nitrogens with one attached hydrogen (secondary N) is 3. The quantitative estimate of drug-likeness (QED) is 0.601. The van der Waals surface area contributed by atoms with Crippen LogP contribution in [0.2, 0.25) is 0 Å². The lowest BCUT2D eigenvalue weighted by molar-refractivity contribution is -0.391. The van der Waals surface area contributed by atoms with Gasteiger partial charge in [-0.3, -0.25) is 0 Å². The van der Waals surface area contributed by atoms with E-state index in [-0.39, 0.29) is 6.04 Å². The van der Waals surface area contributed by atoms with Crippen molar-refractivity contribution in [3.05, 3.63) is 77.4 Å². The number of para-hydroxylation sites is 1. The average Bonchev–Trinajstić information content (AvgIpc) is 3.16. The average molecular weight is 319 g/mol. The zero-order valence-electron chi connectivity index (χ0n) is 13.6. The van der Waals surface area contributed by atoms with E-state index in [9.17, 15) is 0 Å². The molecule has 0 aliphatic heterocycles. The van der Waals surface area contributed by atoms with E-state index in [1.807, 2.05) is 37.4 Å². The second-order valence-electron chi connectivity index (χ2n) is 5.93. The fourth-order valence-electron chi connectivity index (χ4n) is 3.14. The number of aryl methyl sites for hydroxylation is 2. The summed E-state index contributed by atoms with van der Waals surface area (Å²) in [6.07, 6.45) is 1.93. The van der Waals surface area contributed by atoms with Gasteiger partial charge in [0.2, 0.25) is 5.69 Å². The lowest BCUT2D eigenvalue weighted by atomic mass is 9.99. The molecule has 0 bridgehead atoms. The molecule has 1 atom stereocenters. The number of aromatic amines is 2. The fraction of sp³-hybridized carbons (Fsp3) is 0.158. The van der Waals surface area contributed by atoms with Crippen molar-refractivity contribution in [1.82, 2.24) is 10.1 Å². The van der Waals surface area contributed by atoms with E-state index in [0.717, 1.165) is 28.5 Å². The van der Waals surface area contributed by atoms with Crippen molar-refractivity contribution in [2.75, 3.05) is 5.32 Å². The van der Waals surface area contributed by atoms with Crippen LogP contribution < -0.4 is 10.3 Å². The van der Waals surface area contributed by atoms with Crippen LogP contribution in [0.5, 0.6) is 0 Å². The van der Waals surface area contributed by atoms with E-state index in [1.54, 1.807) is 0 Å². The number of benzene rings is 1. The van der Waals surface area contributed by atoms with Crippen LogP contribution in [-0.4, -0.2) is 10.1 Å². The molecule has 0 spiro atoms.